The molecule has 4 N–H and O–H groups in total. The second-order valence-electron chi connectivity index (χ2n) is 9.86. The summed E-state index contributed by atoms with van der Waals surface area (Å²) in [4.78, 5) is 36.8. The van der Waals surface area contributed by atoms with Gasteiger partial charge in [0.05, 0.1) is 24.3 Å². The van der Waals surface area contributed by atoms with Crippen LogP contribution in [0.4, 0.5) is 24.5 Å². The zero-order chi connectivity index (χ0) is 30.9. The average Bonchev–Trinajstić information content (AvgIpc) is 2.94. The summed E-state index contributed by atoms with van der Waals surface area (Å²) in [5, 5.41) is 0. The van der Waals surface area contributed by atoms with Crippen LogP contribution in [0.1, 0.15) is 40.1 Å². The monoisotopic (exact) mass is 586 g/mol. The number of esters is 3. The van der Waals surface area contributed by atoms with Crippen LogP contribution in [0.25, 0.3) is 6.08 Å². The first-order valence-corrected chi connectivity index (χ1v) is 12.5. The Kier molecular flexibility index (Phi) is 10.6. The van der Waals surface area contributed by atoms with E-state index in [0.29, 0.717) is 16.9 Å². The quantitative estimate of drug-likeness (QED) is 0.123. The standard InChI is InChI=1S/C30H29F3N2O7/c1-30(2,17-40-28(37)20-13-21(34)15-22(35)14-20)16-39-25(36)12-5-18-3-8-24(9-4-18)42-29(38)19-6-10-23(11-7-19)41-27(33)26(31)32/h3-15,26-27H,16-17,34-35H2,1-2H3/b12-5+. The molecular weight excluding hydrogens is 557 g/mol. The van der Waals surface area contributed by atoms with Crippen LogP contribution in [-0.4, -0.2) is 43.9 Å². The van der Waals surface area contributed by atoms with E-state index in [1.165, 1.54) is 66.7 Å². The summed E-state index contributed by atoms with van der Waals surface area (Å²) >= 11 is 0. The number of hydrogen-bond donors (Lipinski definition) is 2. The minimum Gasteiger partial charge on any atom is -0.462 e. The number of hydrogen-bond acceptors (Lipinski definition) is 9. The molecule has 9 nitrogen and oxygen atoms in total. The van der Waals surface area contributed by atoms with Crippen molar-refractivity contribution in [1.29, 1.82) is 0 Å². The third kappa shape index (κ3) is 9.88. The first kappa shape index (κ1) is 31.5. The molecule has 0 saturated carbocycles. The predicted molar refractivity (Wildman–Crippen MR) is 149 cm³/mol. The first-order valence-electron chi connectivity index (χ1n) is 12.5. The first-order chi connectivity index (χ1) is 19.8. The van der Waals surface area contributed by atoms with E-state index < -0.39 is 36.1 Å². The Morgan fingerprint density at radius 2 is 1.36 bits per heavy atom. The number of carbonyl (C=O) groups excluding carboxylic acids is 3. The van der Waals surface area contributed by atoms with Gasteiger partial charge in [0.25, 0.3) is 6.36 Å². The van der Waals surface area contributed by atoms with Gasteiger partial charge in [-0.25, -0.2) is 23.2 Å². The number of anilines is 2. The number of nitrogen functional groups attached to an aromatic ring is 2. The second-order valence-corrected chi connectivity index (χ2v) is 9.86. The highest BCUT2D eigenvalue weighted by Gasteiger charge is 2.23. The van der Waals surface area contributed by atoms with Crippen molar-refractivity contribution in [2.75, 3.05) is 24.7 Å². The lowest BCUT2D eigenvalue weighted by molar-refractivity contribution is -0.141. The maximum Gasteiger partial charge on any atom is 0.343 e. The van der Waals surface area contributed by atoms with Crippen molar-refractivity contribution < 1.29 is 46.5 Å². The van der Waals surface area contributed by atoms with Crippen molar-refractivity contribution in [1.82, 2.24) is 0 Å². The normalized spacial score (nSPS) is 12.1. The van der Waals surface area contributed by atoms with Crippen LogP contribution in [0.5, 0.6) is 11.5 Å². The van der Waals surface area contributed by atoms with Crippen molar-refractivity contribution in [2.45, 2.75) is 26.6 Å². The predicted octanol–water partition coefficient (Wildman–Crippen LogP) is 5.45. The minimum absolute atomic E-state index is 0.0214. The van der Waals surface area contributed by atoms with E-state index >= 15 is 0 Å². The van der Waals surface area contributed by atoms with Crippen LogP contribution < -0.4 is 20.9 Å². The lowest BCUT2D eigenvalue weighted by Crippen LogP contribution is -2.28. The molecule has 0 bridgehead atoms. The molecule has 0 saturated heterocycles. The smallest absolute Gasteiger partial charge is 0.343 e. The zero-order valence-electron chi connectivity index (χ0n) is 22.7. The molecule has 0 aliphatic carbocycles. The number of carbonyl (C=O) groups is 3. The molecule has 0 radical (unpaired) electrons. The van der Waals surface area contributed by atoms with Crippen LogP contribution in [0, 0.1) is 5.41 Å². The van der Waals surface area contributed by atoms with Gasteiger partial charge in [0.2, 0.25) is 0 Å². The number of nitrogens with two attached hydrogens (primary N) is 2. The van der Waals surface area contributed by atoms with Gasteiger partial charge in [-0.2, -0.15) is 4.39 Å². The molecule has 12 heteroatoms. The third-order valence-corrected chi connectivity index (χ3v) is 5.45. The van der Waals surface area contributed by atoms with Crippen LogP contribution in [0.3, 0.4) is 0 Å². The fraction of sp³-hybridized carbons (Fsp3) is 0.233. The highest BCUT2D eigenvalue weighted by molar-refractivity contribution is 5.92. The van der Waals surface area contributed by atoms with E-state index in [1.807, 2.05) is 0 Å². The van der Waals surface area contributed by atoms with Crippen molar-refractivity contribution in [3.8, 4) is 11.5 Å². The average molecular weight is 587 g/mol. The van der Waals surface area contributed by atoms with Gasteiger partial charge in [-0.05, 0) is 66.2 Å². The van der Waals surface area contributed by atoms with Crippen molar-refractivity contribution >= 4 is 35.4 Å². The maximum atomic E-state index is 13.0. The van der Waals surface area contributed by atoms with E-state index in [-0.39, 0.29) is 35.8 Å². The highest BCUT2D eigenvalue weighted by atomic mass is 19.3. The molecule has 0 heterocycles. The van der Waals surface area contributed by atoms with Crippen LogP contribution >= 0.6 is 0 Å². The molecule has 0 spiro atoms. The van der Waals surface area contributed by atoms with Crippen LogP contribution in [-0.2, 0) is 14.3 Å². The van der Waals surface area contributed by atoms with Gasteiger partial charge in [0.15, 0.2) is 0 Å². The Morgan fingerprint density at radius 3 is 1.95 bits per heavy atom. The Balaban J connectivity index is 1.45. The number of ether oxygens (including phenoxy) is 4. The van der Waals surface area contributed by atoms with Crippen molar-refractivity contribution in [3.05, 3.63) is 89.5 Å². The van der Waals surface area contributed by atoms with Gasteiger partial charge in [-0.3, -0.25) is 0 Å². The summed E-state index contributed by atoms with van der Waals surface area (Å²) in [7, 11) is 0. The van der Waals surface area contributed by atoms with Gasteiger partial charge in [0.1, 0.15) is 11.5 Å². The van der Waals surface area contributed by atoms with Crippen LogP contribution in [0.15, 0.2) is 72.8 Å². The molecular formula is C30H29F3N2O7. The largest absolute Gasteiger partial charge is 0.462 e. The van der Waals surface area contributed by atoms with Gasteiger partial charge in [-0.15, -0.1) is 0 Å². The van der Waals surface area contributed by atoms with Crippen molar-refractivity contribution in [2.24, 2.45) is 5.41 Å². The molecule has 0 aliphatic rings. The van der Waals surface area contributed by atoms with E-state index in [2.05, 4.69) is 4.74 Å². The van der Waals surface area contributed by atoms with Gasteiger partial charge in [0, 0.05) is 22.9 Å². The number of halogens is 3. The minimum atomic E-state index is -3.29. The Bertz CT molecular complexity index is 1410. The molecule has 0 amide bonds. The van der Waals surface area contributed by atoms with E-state index in [1.54, 1.807) is 26.0 Å². The summed E-state index contributed by atoms with van der Waals surface area (Å²) in [5.41, 5.74) is 12.3. The summed E-state index contributed by atoms with van der Waals surface area (Å²) < 4.78 is 57.8. The fourth-order valence-corrected chi connectivity index (χ4v) is 3.32. The fourth-order valence-electron chi connectivity index (χ4n) is 3.32. The molecule has 1 unspecified atom stereocenters. The molecule has 0 fully saturated rings. The lowest BCUT2D eigenvalue weighted by Gasteiger charge is -2.23. The molecule has 42 heavy (non-hydrogen) atoms. The number of rotatable bonds is 12. The SMILES string of the molecule is CC(C)(COC(=O)/C=C/c1ccc(OC(=O)c2ccc(OC(F)C(F)F)cc2)cc1)COC(=O)c1cc(N)cc(N)c1. The van der Waals surface area contributed by atoms with E-state index in [4.69, 9.17) is 25.7 Å². The Morgan fingerprint density at radius 1 is 0.786 bits per heavy atom. The van der Waals surface area contributed by atoms with Gasteiger partial charge >= 0.3 is 24.3 Å². The molecule has 0 aromatic heterocycles. The third-order valence-electron chi connectivity index (χ3n) is 5.45. The molecule has 222 valence electrons. The van der Waals surface area contributed by atoms with E-state index in [0.717, 1.165) is 0 Å². The maximum absolute atomic E-state index is 13.0. The lowest BCUT2D eigenvalue weighted by atomic mass is 9.96. The van der Waals surface area contributed by atoms with E-state index in [9.17, 15) is 27.6 Å². The summed E-state index contributed by atoms with van der Waals surface area (Å²) in [6.45, 7) is 3.48. The molecule has 1 atom stereocenters. The molecule has 0 aliphatic heterocycles. The van der Waals surface area contributed by atoms with Gasteiger partial charge < -0.3 is 30.4 Å². The summed E-state index contributed by atoms with van der Waals surface area (Å²) in [6, 6.07) is 15.5. The Hall–Kier alpha value is -5.00. The number of alkyl halides is 3. The Labute approximate surface area is 239 Å². The van der Waals surface area contributed by atoms with Crippen LogP contribution in [0.2, 0.25) is 0 Å². The molecule has 3 aromatic carbocycles. The highest BCUT2D eigenvalue weighted by Crippen LogP contribution is 2.21. The van der Waals surface area contributed by atoms with Gasteiger partial charge in [-0.1, -0.05) is 26.0 Å². The van der Waals surface area contributed by atoms with Crippen molar-refractivity contribution in [3.63, 3.8) is 0 Å². The molecule has 3 rings (SSSR count). The second kappa shape index (κ2) is 14.1. The molecule has 3 aromatic rings. The zero-order valence-corrected chi connectivity index (χ0v) is 22.7. The summed E-state index contributed by atoms with van der Waals surface area (Å²) in [6.07, 6.45) is -3.35. The number of benzene rings is 3. The summed E-state index contributed by atoms with van der Waals surface area (Å²) in [5.74, 6) is -1.91. The topological polar surface area (TPSA) is 140 Å².